The summed E-state index contributed by atoms with van der Waals surface area (Å²) in [6, 6.07) is 9.07. The molecule has 0 N–H and O–H groups in total. The van der Waals surface area contributed by atoms with E-state index in [0.29, 0.717) is 6.54 Å². The quantitative estimate of drug-likeness (QED) is 0.679. The second-order valence-corrected chi connectivity index (χ2v) is 5.45. The van der Waals surface area contributed by atoms with Gasteiger partial charge in [0.05, 0.1) is 22.4 Å². The van der Waals surface area contributed by atoms with Crippen molar-refractivity contribution in [2.24, 2.45) is 0 Å². The summed E-state index contributed by atoms with van der Waals surface area (Å²) >= 11 is 5.70. The van der Waals surface area contributed by atoms with Gasteiger partial charge in [-0.3, -0.25) is 0 Å². The van der Waals surface area contributed by atoms with Crippen LogP contribution in [-0.4, -0.2) is 9.55 Å². The number of hydrogen-bond acceptors (Lipinski definition) is 1. The Morgan fingerprint density at radius 1 is 1.15 bits per heavy atom. The van der Waals surface area contributed by atoms with Crippen molar-refractivity contribution in [3.8, 4) is 0 Å². The number of benzene rings is 2. The fraction of sp³-hybridized carbons (Fsp3) is 0.188. The number of aromatic nitrogens is 2. The Morgan fingerprint density at radius 2 is 1.90 bits per heavy atom. The minimum Gasteiger partial charge on any atom is -0.326 e. The van der Waals surface area contributed by atoms with Crippen LogP contribution in [0.3, 0.4) is 0 Å². The van der Waals surface area contributed by atoms with E-state index in [2.05, 4.69) is 31.0 Å². The zero-order valence-electron chi connectivity index (χ0n) is 11.3. The van der Waals surface area contributed by atoms with Crippen LogP contribution in [0.1, 0.15) is 16.7 Å². The molecule has 1 heterocycles. The highest BCUT2D eigenvalue weighted by Crippen LogP contribution is 2.21. The van der Waals surface area contributed by atoms with Crippen LogP contribution in [0.5, 0.6) is 0 Å². The van der Waals surface area contributed by atoms with Gasteiger partial charge in [-0.25, -0.2) is 9.37 Å². The van der Waals surface area contributed by atoms with Crippen LogP contribution in [-0.2, 0) is 6.54 Å². The topological polar surface area (TPSA) is 17.8 Å². The van der Waals surface area contributed by atoms with Gasteiger partial charge in [-0.15, -0.1) is 0 Å². The fourth-order valence-electron chi connectivity index (χ4n) is 2.27. The maximum atomic E-state index is 13.5. The molecule has 3 aromatic rings. The van der Waals surface area contributed by atoms with Gasteiger partial charge in [0, 0.05) is 6.54 Å². The SMILES string of the molecule is Cc1cc2ncn(Cc3ccc(Cl)c(F)c3)c2cc1C. The number of rotatable bonds is 2. The van der Waals surface area contributed by atoms with Crippen molar-refractivity contribution in [2.75, 3.05) is 0 Å². The summed E-state index contributed by atoms with van der Waals surface area (Å²) in [7, 11) is 0. The molecule has 0 aliphatic heterocycles. The van der Waals surface area contributed by atoms with Gasteiger partial charge in [0.1, 0.15) is 5.82 Å². The second kappa shape index (κ2) is 4.91. The highest BCUT2D eigenvalue weighted by atomic mass is 35.5. The molecule has 0 aliphatic carbocycles. The van der Waals surface area contributed by atoms with Crippen molar-refractivity contribution in [3.05, 3.63) is 64.2 Å². The molecule has 2 aromatic carbocycles. The van der Waals surface area contributed by atoms with Crippen molar-refractivity contribution in [2.45, 2.75) is 20.4 Å². The lowest BCUT2D eigenvalue weighted by Gasteiger charge is -2.07. The average Bonchev–Trinajstić information content (AvgIpc) is 2.77. The van der Waals surface area contributed by atoms with Gasteiger partial charge in [0.25, 0.3) is 0 Å². The summed E-state index contributed by atoms with van der Waals surface area (Å²) in [5, 5.41) is 0.149. The first-order valence-electron chi connectivity index (χ1n) is 6.40. The number of imidazole rings is 1. The molecule has 0 fully saturated rings. The van der Waals surface area contributed by atoms with Crippen LogP contribution < -0.4 is 0 Å². The molecule has 0 spiro atoms. The first kappa shape index (κ1) is 13.1. The second-order valence-electron chi connectivity index (χ2n) is 5.05. The molecule has 2 nitrogen and oxygen atoms in total. The van der Waals surface area contributed by atoms with E-state index in [4.69, 9.17) is 11.6 Å². The van der Waals surface area contributed by atoms with Gasteiger partial charge in [-0.2, -0.15) is 0 Å². The zero-order valence-corrected chi connectivity index (χ0v) is 12.1. The van der Waals surface area contributed by atoms with Crippen LogP contribution in [0.4, 0.5) is 4.39 Å². The number of nitrogens with zero attached hydrogens (tertiary/aromatic N) is 2. The minimum absolute atomic E-state index is 0.149. The first-order valence-corrected chi connectivity index (χ1v) is 6.78. The zero-order chi connectivity index (χ0) is 14.3. The van der Waals surface area contributed by atoms with E-state index >= 15 is 0 Å². The van der Waals surface area contributed by atoms with E-state index < -0.39 is 0 Å². The average molecular weight is 289 g/mol. The lowest BCUT2D eigenvalue weighted by molar-refractivity contribution is 0.624. The molecule has 4 heteroatoms. The number of aryl methyl sites for hydroxylation is 2. The van der Waals surface area contributed by atoms with Crippen molar-refractivity contribution >= 4 is 22.6 Å². The summed E-state index contributed by atoms with van der Waals surface area (Å²) in [4.78, 5) is 4.40. The molecule has 0 aliphatic rings. The van der Waals surface area contributed by atoms with Gasteiger partial charge < -0.3 is 4.57 Å². The molecule has 3 rings (SSSR count). The third-order valence-corrected chi connectivity index (χ3v) is 3.88. The largest absolute Gasteiger partial charge is 0.326 e. The predicted octanol–water partition coefficient (Wildman–Crippen LogP) is 4.49. The van der Waals surface area contributed by atoms with Crippen molar-refractivity contribution in [1.29, 1.82) is 0 Å². The Hall–Kier alpha value is -1.87. The van der Waals surface area contributed by atoms with E-state index in [1.165, 1.54) is 17.2 Å². The molecule has 102 valence electrons. The molecule has 0 radical (unpaired) electrons. The summed E-state index contributed by atoms with van der Waals surface area (Å²) in [6.45, 7) is 4.73. The van der Waals surface area contributed by atoms with Gasteiger partial charge in [0.2, 0.25) is 0 Å². The Morgan fingerprint density at radius 3 is 2.65 bits per heavy atom. The van der Waals surface area contributed by atoms with E-state index in [9.17, 15) is 4.39 Å². The van der Waals surface area contributed by atoms with E-state index in [1.807, 2.05) is 10.6 Å². The number of halogens is 2. The minimum atomic E-state index is -0.388. The predicted molar refractivity (Wildman–Crippen MR) is 79.7 cm³/mol. The Balaban J connectivity index is 2.02. The standard InChI is InChI=1S/C16H14ClFN2/c1-10-5-15-16(6-11(10)2)20(9-19-15)8-12-3-4-13(17)14(18)7-12/h3-7,9H,8H2,1-2H3. The lowest BCUT2D eigenvalue weighted by Crippen LogP contribution is -1.99. The first-order chi connectivity index (χ1) is 9.54. The molecule has 0 atom stereocenters. The van der Waals surface area contributed by atoms with Crippen molar-refractivity contribution in [1.82, 2.24) is 9.55 Å². The van der Waals surface area contributed by atoms with E-state index in [0.717, 1.165) is 16.6 Å². The lowest BCUT2D eigenvalue weighted by atomic mass is 10.1. The molecular weight excluding hydrogens is 275 g/mol. The Labute approximate surface area is 121 Å². The van der Waals surface area contributed by atoms with Crippen molar-refractivity contribution < 1.29 is 4.39 Å². The summed E-state index contributed by atoms with van der Waals surface area (Å²) in [5.74, 6) is -0.388. The maximum absolute atomic E-state index is 13.5. The van der Waals surface area contributed by atoms with E-state index in [-0.39, 0.29) is 10.8 Å². The fourth-order valence-corrected chi connectivity index (χ4v) is 2.39. The summed E-state index contributed by atoms with van der Waals surface area (Å²) in [5.41, 5.74) is 5.33. The highest BCUT2D eigenvalue weighted by molar-refractivity contribution is 6.30. The van der Waals surface area contributed by atoms with Crippen molar-refractivity contribution in [3.63, 3.8) is 0 Å². The van der Waals surface area contributed by atoms with Gasteiger partial charge in [-0.05, 0) is 54.8 Å². The van der Waals surface area contributed by atoms with Crippen LogP contribution in [0.15, 0.2) is 36.7 Å². The third-order valence-electron chi connectivity index (χ3n) is 3.57. The molecule has 20 heavy (non-hydrogen) atoms. The number of fused-ring (bicyclic) bond motifs is 1. The Bertz CT molecular complexity index is 793. The molecule has 0 saturated heterocycles. The van der Waals surface area contributed by atoms with Crippen LogP contribution in [0.25, 0.3) is 11.0 Å². The molecular formula is C16H14ClFN2. The molecule has 0 unspecified atom stereocenters. The van der Waals surface area contributed by atoms with Crippen LogP contribution in [0.2, 0.25) is 5.02 Å². The molecule has 0 amide bonds. The van der Waals surface area contributed by atoms with Gasteiger partial charge >= 0.3 is 0 Å². The smallest absolute Gasteiger partial charge is 0.142 e. The maximum Gasteiger partial charge on any atom is 0.142 e. The van der Waals surface area contributed by atoms with Crippen LogP contribution in [0, 0.1) is 19.7 Å². The summed E-state index contributed by atoms with van der Waals surface area (Å²) in [6.07, 6.45) is 1.79. The highest BCUT2D eigenvalue weighted by Gasteiger charge is 2.07. The summed E-state index contributed by atoms with van der Waals surface area (Å²) < 4.78 is 15.5. The molecule has 0 saturated carbocycles. The monoisotopic (exact) mass is 288 g/mol. The van der Waals surface area contributed by atoms with E-state index in [1.54, 1.807) is 12.4 Å². The molecule has 1 aromatic heterocycles. The van der Waals surface area contributed by atoms with Gasteiger partial charge in [-0.1, -0.05) is 17.7 Å². The normalized spacial score (nSPS) is 11.2. The van der Waals surface area contributed by atoms with Crippen LogP contribution >= 0.6 is 11.6 Å². The number of hydrogen-bond donors (Lipinski definition) is 0. The molecule has 0 bridgehead atoms. The van der Waals surface area contributed by atoms with Gasteiger partial charge in [0.15, 0.2) is 0 Å². The Kier molecular flexibility index (Phi) is 3.22. The third kappa shape index (κ3) is 2.29.